The van der Waals surface area contributed by atoms with Gasteiger partial charge >= 0.3 is 12.1 Å². The summed E-state index contributed by atoms with van der Waals surface area (Å²) in [7, 11) is 0. The van der Waals surface area contributed by atoms with Crippen molar-refractivity contribution in [1.82, 2.24) is 10.2 Å². The first kappa shape index (κ1) is 20.0. The largest absolute Gasteiger partial charge is 0.450 e. The number of hydrogen-bond acceptors (Lipinski definition) is 4. The standard InChI is InChI=1S/C19H30N4O3/c1-3-26-19(25)22-17-7-5-16(6-8-17)21-18(24)20-11-4-12-23-13-9-15(2)10-14-23/h5-8,15H,3-4,9-14H2,1-2H3,(H,22,25)(H2,20,21,24). The molecule has 0 unspecified atom stereocenters. The smallest absolute Gasteiger partial charge is 0.411 e. The molecular weight excluding hydrogens is 332 g/mol. The van der Waals surface area contributed by atoms with Gasteiger partial charge in [-0.1, -0.05) is 6.92 Å². The molecule has 2 rings (SSSR count). The van der Waals surface area contributed by atoms with E-state index in [1.54, 1.807) is 31.2 Å². The van der Waals surface area contributed by atoms with Crippen LogP contribution in [0.15, 0.2) is 24.3 Å². The van der Waals surface area contributed by atoms with Crippen LogP contribution in [0.1, 0.15) is 33.1 Å². The van der Waals surface area contributed by atoms with E-state index in [4.69, 9.17) is 4.74 Å². The first-order valence-electron chi connectivity index (χ1n) is 9.38. The number of likely N-dealkylation sites (tertiary alicyclic amines) is 1. The van der Waals surface area contributed by atoms with Gasteiger partial charge in [0.1, 0.15) is 0 Å². The summed E-state index contributed by atoms with van der Waals surface area (Å²) in [5.41, 5.74) is 1.28. The highest BCUT2D eigenvalue weighted by Gasteiger charge is 2.14. The Morgan fingerprint density at radius 3 is 2.35 bits per heavy atom. The molecule has 1 fully saturated rings. The predicted octanol–water partition coefficient (Wildman–Crippen LogP) is 3.50. The summed E-state index contributed by atoms with van der Waals surface area (Å²) in [6.07, 6.45) is 3.00. The Morgan fingerprint density at radius 2 is 1.73 bits per heavy atom. The lowest BCUT2D eigenvalue weighted by Gasteiger charge is -2.30. The topological polar surface area (TPSA) is 82.7 Å². The van der Waals surface area contributed by atoms with E-state index >= 15 is 0 Å². The number of nitrogens with one attached hydrogen (secondary N) is 3. The Bertz CT molecular complexity index is 569. The summed E-state index contributed by atoms with van der Waals surface area (Å²) in [6.45, 7) is 8.39. The van der Waals surface area contributed by atoms with E-state index in [0.29, 0.717) is 24.5 Å². The van der Waals surface area contributed by atoms with Crippen LogP contribution in [0, 0.1) is 5.92 Å². The summed E-state index contributed by atoms with van der Waals surface area (Å²) >= 11 is 0. The molecule has 0 radical (unpaired) electrons. The summed E-state index contributed by atoms with van der Waals surface area (Å²) in [5.74, 6) is 0.842. The average Bonchev–Trinajstić information content (AvgIpc) is 2.62. The minimum absolute atomic E-state index is 0.219. The predicted molar refractivity (Wildman–Crippen MR) is 104 cm³/mol. The molecule has 0 aliphatic carbocycles. The second-order valence-corrected chi connectivity index (χ2v) is 6.68. The highest BCUT2D eigenvalue weighted by molar-refractivity contribution is 5.90. The van der Waals surface area contributed by atoms with Gasteiger partial charge in [-0.15, -0.1) is 0 Å². The van der Waals surface area contributed by atoms with Crippen LogP contribution >= 0.6 is 0 Å². The van der Waals surface area contributed by atoms with Gasteiger partial charge in [0.05, 0.1) is 6.61 Å². The maximum absolute atomic E-state index is 11.9. The average molecular weight is 362 g/mol. The van der Waals surface area contributed by atoms with E-state index < -0.39 is 6.09 Å². The number of urea groups is 1. The molecule has 0 aromatic heterocycles. The highest BCUT2D eigenvalue weighted by atomic mass is 16.5. The normalized spacial score (nSPS) is 15.3. The number of benzene rings is 1. The molecule has 1 aromatic rings. The third-order valence-electron chi connectivity index (χ3n) is 4.48. The molecule has 3 N–H and O–H groups in total. The van der Waals surface area contributed by atoms with Crippen LogP contribution in [0.25, 0.3) is 0 Å². The van der Waals surface area contributed by atoms with Crippen LogP contribution < -0.4 is 16.0 Å². The number of nitrogens with zero attached hydrogens (tertiary/aromatic N) is 1. The number of amides is 3. The number of anilines is 2. The van der Waals surface area contributed by atoms with Crippen molar-refractivity contribution in [3.05, 3.63) is 24.3 Å². The van der Waals surface area contributed by atoms with Gasteiger partial charge in [-0.25, -0.2) is 9.59 Å². The van der Waals surface area contributed by atoms with Gasteiger partial charge in [-0.05, 0) is 76.0 Å². The first-order valence-corrected chi connectivity index (χ1v) is 9.38. The zero-order valence-corrected chi connectivity index (χ0v) is 15.7. The van der Waals surface area contributed by atoms with Gasteiger partial charge < -0.3 is 20.3 Å². The van der Waals surface area contributed by atoms with Crippen LogP contribution in [-0.2, 0) is 4.74 Å². The lowest BCUT2D eigenvalue weighted by Crippen LogP contribution is -2.36. The number of carbonyl (C=O) groups is 2. The maximum Gasteiger partial charge on any atom is 0.411 e. The van der Waals surface area contributed by atoms with Crippen molar-refractivity contribution in [1.29, 1.82) is 0 Å². The molecule has 0 spiro atoms. The fourth-order valence-corrected chi connectivity index (χ4v) is 2.89. The van der Waals surface area contributed by atoms with Gasteiger partial charge in [-0.3, -0.25) is 5.32 Å². The SMILES string of the molecule is CCOC(=O)Nc1ccc(NC(=O)NCCCN2CCC(C)CC2)cc1. The molecule has 144 valence electrons. The Kier molecular flexibility index (Phi) is 8.21. The van der Waals surface area contributed by atoms with E-state index in [1.807, 2.05) is 0 Å². The second kappa shape index (κ2) is 10.7. The Labute approximate surface area is 155 Å². The van der Waals surface area contributed by atoms with Gasteiger partial charge in [-0.2, -0.15) is 0 Å². The van der Waals surface area contributed by atoms with E-state index in [9.17, 15) is 9.59 Å². The van der Waals surface area contributed by atoms with Crippen molar-refractivity contribution >= 4 is 23.5 Å². The molecule has 7 heteroatoms. The summed E-state index contributed by atoms with van der Waals surface area (Å²) < 4.78 is 4.81. The van der Waals surface area contributed by atoms with Crippen molar-refractivity contribution in [2.45, 2.75) is 33.1 Å². The van der Waals surface area contributed by atoms with Gasteiger partial charge in [0.25, 0.3) is 0 Å². The zero-order chi connectivity index (χ0) is 18.8. The zero-order valence-electron chi connectivity index (χ0n) is 15.7. The van der Waals surface area contributed by atoms with E-state index in [-0.39, 0.29) is 6.03 Å². The molecule has 1 aliphatic rings. The molecule has 0 bridgehead atoms. The summed E-state index contributed by atoms with van der Waals surface area (Å²) in [5, 5.41) is 8.27. The van der Waals surface area contributed by atoms with Crippen molar-refractivity contribution in [2.24, 2.45) is 5.92 Å². The molecule has 1 saturated heterocycles. The summed E-state index contributed by atoms with van der Waals surface area (Å²) in [4.78, 5) is 25.7. The van der Waals surface area contributed by atoms with Gasteiger partial charge in [0, 0.05) is 17.9 Å². The van der Waals surface area contributed by atoms with E-state index in [2.05, 4.69) is 27.8 Å². The molecule has 26 heavy (non-hydrogen) atoms. The molecular formula is C19H30N4O3. The number of ether oxygens (including phenoxy) is 1. The lowest BCUT2D eigenvalue weighted by atomic mass is 9.99. The fourth-order valence-electron chi connectivity index (χ4n) is 2.89. The quantitative estimate of drug-likeness (QED) is 0.648. The van der Waals surface area contributed by atoms with Crippen molar-refractivity contribution in [3.8, 4) is 0 Å². The second-order valence-electron chi connectivity index (χ2n) is 6.68. The molecule has 0 saturated carbocycles. The molecule has 1 heterocycles. The monoisotopic (exact) mass is 362 g/mol. The minimum Gasteiger partial charge on any atom is -0.450 e. The van der Waals surface area contributed by atoms with Crippen molar-refractivity contribution in [2.75, 3.05) is 43.4 Å². The molecule has 0 atom stereocenters. The fraction of sp³-hybridized carbons (Fsp3) is 0.579. The maximum atomic E-state index is 11.9. The van der Waals surface area contributed by atoms with Crippen LogP contribution in [0.5, 0.6) is 0 Å². The third-order valence-corrected chi connectivity index (χ3v) is 4.48. The van der Waals surface area contributed by atoms with E-state index in [0.717, 1.165) is 18.9 Å². The minimum atomic E-state index is -0.492. The lowest BCUT2D eigenvalue weighted by molar-refractivity contribution is 0.168. The van der Waals surface area contributed by atoms with E-state index in [1.165, 1.54) is 25.9 Å². The van der Waals surface area contributed by atoms with Crippen molar-refractivity contribution < 1.29 is 14.3 Å². The number of carbonyl (C=O) groups excluding carboxylic acids is 2. The third kappa shape index (κ3) is 7.31. The van der Waals surface area contributed by atoms with Gasteiger partial charge in [0.2, 0.25) is 0 Å². The number of hydrogen-bond donors (Lipinski definition) is 3. The molecule has 7 nitrogen and oxygen atoms in total. The van der Waals surface area contributed by atoms with Crippen LogP contribution in [0.4, 0.5) is 21.0 Å². The van der Waals surface area contributed by atoms with Crippen LogP contribution in [0.2, 0.25) is 0 Å². The number of piperidine rings is 1. The first-order chi connectivity index (χ1) is 12.6. The highest BCUT2D eigenvalue weighted by Crippen LogP contribution is 2.16. The Morgan fingerprint density at radius 1 is 1.12 bits per heavy atom. The van der Waals surface area contributed by atoms with Crippen LogP contribution in [-0.4, -0.2) is 49.8 Å². The number of rotatable bonds is 7. The summed E-state index contributed by atoms with van der Waals surface area (Å²) in [6, 6.07) is 6.67. The van der Waals surface area contributed by atoms with Crippen molar-refractivity contribution in [3.63, 3.8) is 0 Å². The Balaban J connectivity index is 1.62. The Hall–Kier alpha value is -2.28. The molecule has 3 amide bonds. The van der Waals surface area contributed by atoms with Crippen LogP contribution in [0.3, 0.4) is 0 Å². The molecule has 1 aromatic carbocycles. The molecule has 1 aliphatic heterocycles. The van der Waals surface area contributed by atoms with Gasteiger partial charge in [0.15, 0.2) is 0 Å².